The van der Waals surface area contributed by atoms with Crippen molar-refractivity contribution in [3.63, 3.8) is 0 Å². The van der Waals surface area contributed by atoms with Gasteiger partial charge in [-0.15, -0.1) is 0 Å². The number of aromatic amines is 1. The molecule has 1 aromatic rings. The van der Waals surface area contributed by atoms with Crippen LogP contribution in [0.25, 0.3) is 0 Å². The van der Waals surface area contributed by atoms with E-state index in [1.807, 2.05) is 0 Å². The van der Waals surface area contributed by atoms with Crippen LogP contribution >= 0.6 is 0 Å². The van der Waals surface area contributed by atoms with Crippen LogP contribution in [0.5, 0.6) is 0 Å². The van der Waals surface area contributed by atoms with E-state index in [1.165, 1.54) is 0 Å². The first-order valence-electron chi connectivity index (χ1n) is 5.28. The van der Waals surface area contributed by atoms with Crippen molar-refractivity contribution < 1.29 is 9.72 Å². The molecule has 0 aromatic carbocycles. The summed E-state index contributed by atoms with van der Waals surface area (Å²) in [5.41, 5.74) is -0.0415. The van der Waals surface area contributed by atoms with Gasteiger partial charge >= 0.3 is 0 Å². The van der Waals surface area contributed by atoms with Crippen molar-refractivity contribution in [2.45, 2.75) is 18.4 Å². The summed E-state index contributed by atoms with van der Waals surface area (Å²) in [7, 11) is 0. The largest absolute Gasteiger partial charge is 0.359 e. The number of carbonyl (C=O) groups is 1. The van der Waals surface area contributed by atoms with Crippen molar-refractivity contribution in [3.8, 4) is 0 Å². The number of nitrogens with one attached hydrogen (secondary N) is 1. The molecule has 1 heterocycles. The van der Waals surface area contributed by atoms with Crippen LogP contribution in [-0.2, 0) is 6.42 Å². The fourth-order valence-electron chi connectivity index (χ4n) is 1.99. The first kappa shape index (κ1) is 11.3. The van der Waals surface area contributed by atoms with E-state index in [0.717, 1.165) is 0 Å². The molecule has 0 bridgehead atoms. The Morgan fingerprint density at radius 2 is 2.35 bits per heavy atom. The number of nitro groups is 1. The summed E-state index contributed by atoms with van der Waals surface area (Å²) in [6.07, 6.45) is 9.71. The van der Waals surface area contributed by atoms with E-state index in [2.05, 4.69) is 4.98 Å². The molecule has 0 aliphatic heterocycles. The maximum atomic E-state index is 11.2. The standard InChI is InChI=1S/C12H12N2O3/c15-9-11-10(4-7-13-11)8-12(14(16)17)5-2-1-3-6-12/h1-5,7,9,13H,6,8H2. The van der Waals surface area contributed by atoms with Crippen LogP contribution in [0.4, 0.5) is 0 Å². The molecule has 0 radical (unpaired) electrons. The number of hydrogen-bond acceptors (Lipinski definition) is 3. The van der Waals surface area contributed by atoms with Crippen molar-refractivity contribution in [2.24, 2.45) is 0 Å². The second-order valence-corrected chi connectivity index (χ2v) is 4.06. The van der Waals surface area contributed by atoms with Crippen LogP contribution in [0.3, 0.4) is 0 Å². The van der Waals surface area contributed by atoms with Gasteiger partial charge in [0.1, 0.15) is 0 Å². The highest BCUT2D eigenvalue weighted by Gasteiger charge is 2.40. The lowest BCUT2D eigenvalue weighted by Gasteiger charge is -2.22. The molecule has 1 aliphatic rings. The molecule has 1 aliphatic carbocycles. The number of allylic oxidation sites excluding steroid dienone is 2. The SMILES string of the molecule is O=Cc1[nH]ccc1CC1([N+](=O)[O-])C=CC=CC1. The summed E-state index contributed by atoms with van der Waals surface area (Å²) in [5, 5.41) is 11.2. The summed E-state index contributed by atoms with van der Waals surface area (Å²) in [5.74, 6) is 0. The van der Waals surface area contributed by atoms with E-state index in [4.69, 9.17) is 0 Å². The number of nitrogens with zero attached hydrogens (tertiary/aromatic N) is 1. The Balaban J connectivity index is 2.31. The third kappa shape index (κ3) is 2.04. The first-order chi connectivity index (χ1) is 8.18. The zero-order valence-corrected chi connectivity index (χ0v) is 9.13. The quantitative estimate of drug-likeness (QED) is 0.489. The highest BCUT2D eigenvalue weighted by Crippen LogP contribution is 2.27. The fourth-order valence-corrected chi connectivity index (χ4v) is 1.99. The Morgan fingerprint density at radius 1 is 1.53 bits per heavy atom. The second kappa shape index (κ2) is 4.37. The molecule has 2 rings (SSSR count). The number of aromatic nitrogens is 1. The minimum Gasteiger partial charge on any atom is -0.359 e. The van der Waals surface area contributed by atoms with E-state index in [1.54, 1.807) is 36.6 Å². The molecule has 0 spiro atoms. The second-order valence-electron chi connectivity index (χ2n) is 4.06. The zero-order valence-electron chi connectivity index (χ0n) is 9.13. The van der Waals surface area contributed by atoms with E-state index in [9.17, 15) is 14.9 Å². The Kier molecular flexibility index (Phi) is 2.91. The van der Waals surface area contributed by atoms with Gasteiger partial charge < -0.3 is 4.98 Å². The maximum Gasteiger partial charge on any atom is 0.248 e. The molecule has 1 N–H and O–H groups in total. The molecule has 17 heavy (non-hydrogen) atoms. The van der Waals surface area contributed by atoms with Crippen molar-refractivity contribution in [1.82, 2.24) is 4.98 Å². The van der Waals surface area contributed by atoms with Gasteiger partial charge in [0.2, 0.25) is 5.54 Å². The van der Waals surface area contributed by atoms with Crippen LogP contribution in [0.2, 0.25) is 0 Å². The Morgan fingerprint density at radius 3 is 2.94 bits per heavy atom. The number of rotatable bonds is 4. The lowest BCUT2D eigenvalue weighted by molar-refractivity contribution is -0.554. The van der Waals surface area contributed by atoms with Gasteiger partial charge in [-0.05, 0) is 17.7 Å². The van der Waals surface area contributed by atoms with Crippen LogP contribution in [0.15, 0.2) is 36.6 Å². The van der Waals surface area contributed by atoms with Crippen LogP contribution < -0.4 is 0 Å². The van der Waals surface area contributed by atoms with Crippen LogP contribution in [0, 0.1) is 10.1 Å². The zero-order chi connectivity index (χ0) is 12.3. The highest BCUT2D eigenvalue weighted by molar-refractivity contribution is 5.74. The predicted octanol–water partition coefficient (Wildman–Crippen LogP) is 1.90. The normalized spacial score (nSPS) is 22.6. The van der Waals surface area contributed by atoms with Crippen molar-refractivity contribution >= 4 is 6.29 Å². The molecule has 1 unspecified atom stereocenters. The average molecular weight is 232 g/mol. The molecule has 1 atom stereocenters. The fraction of sp³-hybridized carbons (Fsp3) is 0.250. The summed E-state index contributed by atoms with van der Waals surface area (Å²) in [6.45, 7) is 0. The molecule has 1 aromatic heterocycles. The monoisotopic (exact) mass is 232 g/mol. The van der Waals surface area contributed by atoms with Crippen molar-refractivity contribution in [2.75, 3.05) is 0 Å². The molecule has 88 valence electrons. The molecule has 5 nitrogen and oxygen atoms in total. The highest BCUT2D eigenvalue weighted by atomic mass is 16.6. The Hall–Kier alpha value is -2.17. The number of carbonyl (C=O) groups excluding carboxylic acids is 1. The van der Waals surface area contributed by atoms with Crippen molar-refractivity contribution in [1.29, 1.82) is 0 Å². The molecular weight excluding hydrogens is 220 g/mol. The van der Waals surface area contributed by atoms with Crippen LogP contribution in [-0.4, -0.2) is 21.7 Å². The van der Waals surface area contributed by atoms with E-state index in [0.29, 0.717) is 24.0 Å². The Labute approximate surface area is 98.0 Å². The predicted molar refractivity (Wildman–Crippen MR) is 62.5 cm³/mol. The van der Waals surface area contributed by atoms with Gasteiger partial charge in [-0.3, -0.25) is 14.9 Å². The summed E-state index contributed by atoms with van der Waals surface area (Å²) < 4.78 is 0. The van der Waals surface area contributed by atoms with Gasteiger partial charge in [0, 0.05) is 24.0 Å². The van der Waals surface area contributed by atoms with Crippen LogP contribution in [0.1, 0.15) is 22.5 Å². The minimum atomic E-state index is -1.13. The molecule has 0 fully saturated rings. The van der Waals surface area contributed by atoms with Crippen molar-refractivity contribution in [3.05, 3.63) is 57.9 Å². The van der Waals surface area contributed by atoms with Gasteiger partial charge in [-0.1, -0.05) is 18.2 Å². The molecule has 0 saturated heterocycles. The lowest BCUT2D eigenvalue weighted by atomic mass is 9.85. The maximum absolute atomic E-state index is 11.2. The summed E-state index contributed by atoms with van der Waals surface area (Å²) >= 11 is 0. The molecule has 5 heteroatoms. The molecule has 0 saturated carbocycles. The topological polar surface area (TPSA) is 76.0 Å². The first-order valence-corrected chi connectivity index (χ1v) is 5.28. The average Bonchev–Trinajstić information content (AvgIpc) is 2.77. The Bertz CT molecular complexity index is 502. The van der Waals surface area contributed by atoms with Gasteiger partial charge in [-0.25, -0.2) is 0 Å². The third-order valence-electron chi connectivity index (χ3n) is 2.97. The van der Waals surface area contributed by atoms with E-state index >= 15 is 0 Å². The number of aldehydes is 1. The van der Waals surface area contributed by atoms with Gasteiger partial charge in [-0.2, -0.15) is 0 Å². The van der Waals surface area contributed by atoms with E-state index < -0.39 is 5.54 Å². The number of hydrogen-bond donors (Lipinski definition) is 1. The lowest BCUT2D eigenvalue weighted by Crippen LogP contribution is -2.39. The van der Waals surface area contributed by atoms with Gasteiger partial charge in [0.25, 0.3) is 0 Å². The molecule has 0 amide bonds. The molecular formula is C12H12N2O3. The third-order valence-corrected chi connectivity index (χ3v) is 2.97. The van der Waals surface area contributed by atoms with Gasteiger partial charge in [0.05, 0.1) is 5.69 Å². The number of H-pyrrole nitrogens is 1. The summed E-state index contributed by atoms with van der Waals surface area (Å²) in [6, 6.07) is 1.71. The van der Waals surface area contributed by atoms with E-state index in [-0.39, 0.29) is 11.3 Å². The smallest absolute Gasteiger partial charge is 0.248 e. The van der Waals surface area contributed by atoms with Gasteiger partial charge in [0.15, 0.2) is 6.29 Å². The summed E-state index contributed by atoms with van der Waals surface area (Å²) in [4.78, 5) is 24.5. The minimum absolute atomic E-state index is 0.221.